The molecule has 0 saturated carbocycles. The lowest BCUT2D eigenvalue weighted by atomic mass is 9.94. The van der Waals surface area contributed by atoms with E-state index in [0.717, 1.165) is 22.1 Å². The van der Waals surface area contributed by atoms with Gasteiger partial charge in [-0.1, -0.05) is 11.6 Å². The van der Waals surface area contributed by atoms with Crippen LogP contribution in [0.25, 0.3) is 0 Å². The molecule has 62 valence electrons. The number of halogens is 1. The largest absolute Gasteiger partial charge is 0.192 e. The lowest BCUT2D eigenvalue weighted by molar-refractivity contribution is 0.689. The normalized spacial score (nSPS) is 15.3. The molecule has 0 N–H and O–H groups in total. The molecule has 2 rings (SSSR count). The Morgan fingerprint density at radius 3 is 2.58 bits per heavy atom. The molecule has 0 saturated heterocycles. The van der Waals surface area contributed by atoms with Crippen molar-refractivity contribution in [2.45, 2.75) is 25.7 Å². The summed E-state index contributed by atoms with van der Waals surface area (Å²) in [5.41, 5.74) is 2.46. The first-order valence-electron chi connectivity index (χ1n) is 4.03. The van der Waals surface area contributed by atoms with E-state index < -0.39 is 0 Å². The third-order valence-corrected chi connectivity index (χ3v) is 3.70. The van der Waals surface area contributed by atoms with Gasteiger partial charge >= 0.3 is 0 Å². The molecule has 0 fully saturated rings. The van der Waals surface area contributed by atoms with Crippen LogP contribution in [0.15, 0.2) is 0 Å². The van der Waals surface area contributed by atoms with E-state index in [-0.39, 0.29) is 0 Å². The molecule has 1 aliphatic rings. The molecular weight excluding hydrogens is 190 g/mol. The van der Waals surface area contributed by atoms with Gasteiger partial charge in [-0.15, -0.1) is 11.3 Å². The Kier molecular flexibility index (Phi) is 2.08. The van der Waals surface area contributed by atoms with Crippen LogP contribution in [0.2, 0.25) is 4.34 Å². The third kappa shape index (κ3) is 1.14. The summed E-state index contributed by atoms with van der Waals surface area (Å²) in [6, 6.07) is 2.21. The second-order valence-electron chi connectivity index (χ2n) is 2.98. The van der Waals surface area contributed by atoms with Crippen molar-refractivity contribution in [2.24, 2.45) is 0 Å². The third-order valence-electron chi connectivity index (χ3n) is 2.27. The van der Waals surface area contributed by atoms with Crippen LogP contribution in [0.1, 0.15) is 28.8 Å². The first-order chi connectivity index (χ1) is 5.83. The molecule has 0 spiro atoms. The van der Waals surface area contributed by atoms with Gasteiger partial charge in [0.25, 0.3) is 0 Å². The Morgan fingerprint density at radius 2 is 1.92 bits per heavy atom. The minimum atomic E-state index is 0.828. The Hall–Kier alpha value is -0.520. The molecule has 0 atom stereocenters. The van der Waals surface area contributed by atoms with Crippen molar-refractivity contribution in [3.05, 3.63) is 20.3 Å². The molecule has 1 aliphatic carbocycles. The smallest absolute Gasteiger partial charge is 0.110 e. The number of nitriles is 1. The zero-order valence-electron chi connectivity index (χ0n) is 6.56. The van der Waals surface area contributed by atoms with Crippen LogP contribution in [0.3, 0.4) is 0 Å². The summed E-state index contributed by atoms with van der Waals surface area (Å²) >= 11 is 7.44. The van der Waals surface area contributed by atoms with Gasteiger partial charge in [-0.3, -0.25) is 0 Å². The first-order valence-corrected chi connectivity index (χ1v) is 5.22. The summed E-state index contributed by atoms with van der Waals surface area (Å²) in [5.74, 6) is 0. The van der Waals surface area contributed by atoms with Crippen LogP contribution < -0.4 is 0 Å². The van der Waals surface area contributed by atoms with Crippen molar-refractivity contribution < 1.29 is 0 Å². The average Bonchev–Trinajstić information content (AvgIpc) is 2.44. The van der Waals surface area contributed by atoms with Crippen molar-refractivity contribution in [3.63, 3.8) is 0 Å². The van der Waals surface area contributed by atoms with Crippen molar-refractivity contribution in [1.29, 1.82) is 5.26 Å². The molecule has 3 heteroatoms. The molecule has 0 aromatic carbocycles. The Labute approximate surface area is 80.6 Å². The summed E-state index contributed by atoms with van der Waals surface area (Å²) in [4.78, 5) is 0.828. The molecule has 1 heterocycles. The van der Waals surface area contributed by atoms with Crippen LogP contribution in [0.5, 0.6) is 0 Å². The quantitative estimate of drug-likeness (QED) is 0.627. The molecule has 1 aromatic rings. The van der Waals surface area contributed by atoms with Crippen LogP contribution >= 0.6 is 22.9 Å². The fraction of sp³-hybridized carbons (Fsp3) is 0.444. The van der Waals surface area contributed by atoms with E-state index in [1.807, 2.05) is 0 Å². The van der Waals surface area contributed by atoms with E-state index in [2.05, 4.69) is 6.07 Å². The van der Waals surface area contributed by atoms with Gasteiger partial charge in [0.15, 0.2) is 0 Å². The van der Waals surface area contributed by atoms with Gasteiger partial charge in [-0.2, -0.15) is 5.26 Å². The summed E-state index contributed by atoms with van der Waals surface area (Å²) in [7, 11) is 0. The van der Waals surface area contributed by atoms with Crippen molar-refractivity contribution in [3.8, 4) is 6.07 Å². The number of hydrogen-bond donors (Lipinski definition) is 0. The lowest BCUT2D eigenvalue weighted by Gasteiger charge is -2.10. The maximum Gasteiger partial charge on any atom is 0.110 e. The number of fused-ring (bicyclic) bond motifs is 1. The maximum absolute atomic E-state index is 8.81. The van der Waals surface area contributed by atoms with E-state index in [4.69, 9.17) is 16.9 Å². The van der Waals surface area contributed by atoms with Crippen LogP contribution in [-0.4, -0.2) is 0 Å². The van der Waals surface area contributed by atoms with Gasteiger partial charge < -0.3 is 0 Å². The standard InChI is InChI=1S/C9H8ClNS/c10-9-7-4-2-1-3-6(7)8(5-11)12-9/h1-4H2. The Morgan fingerprint density at radius 1 is 1.25 bits per heavy atom. The first kappa shape index (κ1) is 8.10. The number of thiophene rings is 1. The van der Waals surface area contributed by atoms with Crippen LogP contribution in [0, 0.1) is 11.3 Å². The SMILES string of the molecule is N#Cc1sc(Cl)c2c1CCCC2. The minimum Gasteiger partial charge on any atom is -0.192 e. The van der Waals surface area contributed by atoms with Gasteiger partial charge in [0, 0.05) is 0 Å². The highest BCUT2D eigenvalue weighted by molar-refractivity contribution is 7.17. The summed E-state index contributed by atoms with van der Waals surface area (Å²) in [6.07, 6.45) is 4.52. The van der Waals surface area contributed by atoms with E-state index >= 15 is 0 Å². The highest BCUT2D eigenvalue weighted by Crippen LogP contribution is 2.36. The molecule has 0 bridgehead atoms. The molecule has 0 amide bonds. The van der Waals surface area contributed by atoms with Gasteiger partial charge in [-0.25, -0.2) is 0 Å². The van der Waals surface area contributed by atoms with E-state index in [1.165, 1.54) is 35.3 Å². The number of rotatable bonds is 0. The molecule has 1 aromatic heterocycles. The zero-order chi connectivity index (χ0) is 8.55. The molecule has 12 heavy (non-hydrogen) atoms. The predicted molar refractivity (Wildman–Crippen MR) is 50.7 cm³/mol. The number of hydrogen-bond acceptors (Lipinski definition) is 2. The van der Waals surface area contributed by atoms with Crippen molar-refractivity contribution >= 4 is 22.9 Å². The molecular formula is C9H8ClNS. The molecule has 0 radical (unpaired) electrons. The highest BCUT2D eigenvalue weighted by Gasteiger charge is 2.19. The molecule has 0 aliphatic heterocycles. The van der Waals surface area contributed by atoms with Gasteiger partial charge in [0.1, 0.15) is 10.9 Å². The minimum absolute atomic E-state index is 0.828. The molecule has 0 unspecified atom stereocenters. The Balaban J connectivity index is 2.56. The van der Waals surface area contributed by atoms with Crippen LogP contribution in [-0.2, 0) is 12.8 Å². The zero-order valence-corrected chi connectivity index (χ0v) is 8.13. The summed E-state index contributed by atoms with van der Waals surface area (Å²) in [5, 5.41) is 8.81. The maximum atomic E-state index is 8.81. The van der Waals surface area contributed by atoms with E-state index in [0.29, 0.717) is 0 Å². The van der Waals surface area contributed by atoms with Crippen LogP contribution in [0.4, 0.5) is 0 Å². The summed E-state index contributed by atoms with van der Waals surface area (Å²) in [6.45, 7) is 0. The Bertz CT molecular complexity index is 348. The second kappa shape index (κ2) is 3.08. The summed E-state index contributed by atoms with van der Waals surface area (Å²) < 4.78 is 0.834. The topological polar surface area (TPSA) is 23.8 Å². The predicted octanol–water partition coefficient (Wildman–Crippen LogP) is 3.15. The van der Waals surface area contributed by atoms with Gasteiger partial charge in [0.05, 0.1) is 4.34 Å². The van der Waals surface area contributed by atoms with E-state index in [1.54, 1.807) is 0 Å². The van der Waals surface area contributed by atoms with Gasteiger partial charge in [-0.05, 0) is 36.8 Å². The fourth-order valence-electron chi connectivity index (χ4n) is 1.68. The molecule has 1 nitrogen and oxygen atoms in total. The van der Waals surface area contributed by atoms with Crippen molar-refractivity contribution in [1.82, 2.24) is 0 Å². The van der Waals surface area contributed by atoms with Gasteiger partial charge in [0.2, 0.25) is 0 Å². The van der Waals surface area contributed by atoms with Crippen molar-refractivity contribution in [2.75, 3.05) is 0 Å². The highest BCUT2D eigenvalue weighted by atomic mass is 35.5. The lowest BCUT2D eigenvalue weighted by Crippen LogP contribution is -2.00. The van der Waals surface area contributed by atoms with E-state index in [9.17, 15) is 0 Å². The average molecular weight is 198 g/mol. The monoisotopic (exact) mass is 197 g/mol. The second-order valence-corrected chi connectivity index (χ2v) is 4.60. The number of nitrogens with zero attached hydrogens (tertiary/aromatic N) is 1. The fourth-order valence-corrected chi connectivity index (χ4v) is 3.04.